The number of nitrogens with one attached hydrogen (secondary N) is 1. The molecule has 4 nitrogen and oxygen atoms in total. The summed E-state index contributed by atoms with van der Waals surface area (Å²) in [5.74, 6) is 0.0375. The monoisotopic (exact) mass is 289 g/mol. The Morgan fingerprint density at radius 1 is 1.20 bits per heavy atom. The first-order chi connectivity index (χ1) is 9.58. The van der Waals surface area contributed by atoms with Crippen molar-refractivity contribution in [2.75, 3.05) is 0 Å². The van der Waals surface area contributed by atoms with Crippen LogP contribution in [0.4, 0.5) is 0 Å². The lowest BCUT2D eigenvalue weighted by atomic mass is 10.1. The summed E-state index contributed by atoms with van der Waals surface area (Å²) < 4.78 is 0. The van der Waals surface area contributed by atoms with Gasteiger partial charge in [0.05, 0.1) is 5.69 Å². The van der Waals surface area contributed by atoms with Gasteiger partial charge in [0.2, 0.25) is 0 Å². The fourth-order valence-electron chi connectivity index (χ4n) is 1.68. The molecule has 20 heavy (non-hydrogen) atoms. The van der Waals surface area contributed by atoms with Crippen LogP contribution in [0.25, 0.3) is 0 Å². The number of amides is 1. The molecule has 0 aliphatic carbocycles. The Morgan fingerprint density at radius 2 is 1.95 bits per heavy atom. The number of carbonyl (C=O) groups is 1. The van der Waals surface area contributed by atoms with E-state index in [4.69, 9.17) is 11.6 Å². The van der Waals surface area contributed by atoms with Gasteiger partial charge in [-0.3, -0.25) is 4.79 Å². The van der Waals surface area contributed by atoms with Crippen molar-refractivity contribution in [3.8, 4) is 0 Å². The molecule has 5 heteroatoms. The zero-order valence-electron chi connectivity index (χ0n) is 11.4. The molecule has 0 bridgehead atoms. The number of rotatable bonds is 4. The van der Waals surface area contributed by atoms with Gasteiger partial charge in [-0.2, -0.15) is 5.10 Å². The van der Waals surface area contributed by atoms with E-state index >= 15 is 0 Å². The van der Waals surface area contributed by atoms with Crippen molar-refractivity contribution in [2.24, 2.45) is 0 Å². The van der Waals surface area contributed by atoms with Gasteiger partial charge in [-0.1, -0.05) is 43.6 Å². The molecule has 0 spiro atoms. The van der Waals surface area contributed by atoms with Crippen LogP contribution < -0.4 is 5.32 Å². The lowest BCUT2D eigenvalue weighted by Gasteiger charge is -2.07. The van der Waals surface area contributed by atoms with Crippen molar-refractivity contribution in [2.45, 2.75) is 26.3 Å². The minimum absolute atomic E-state index is 0.257. The van der Waals surface area contributed by atoms with E-state index in [0.717, 1.165) is 11.3 Å². The van der Waals surface area contributed by atoms with Crippen LogP contribution in [0.5, 0.6) is 0 Å². The summed E-state index contributed by atoms with van der Waals surface area (Å²) in [5.41, 5.74) is 2.04. The van der Waals surface area contributed by atoms with Gasteiger partial charge in [0.15, 0.2) is 5.69 Å². The summed E-state index contributed by atoms with van der Waals surface area (Å²) in [5, 5.41) is 11.4. The van der Waals surface area contributed by atoms with Crippen LogP contribution in [-0.4, -0.2) is 16.1 Å². The number of hydrogen-bond acceptors (Lipinski definition) is 3. The molecular weight excluding hydrogens is 274 g/mol. The second-order valence-electron chi connectivity index (χ2n) is 4.77. The second-order valence-corrected chi connectivity index (χ2v) is 5.18. The van der Waals surface area contributed by atoms with Crippen LogP contribution >= 0.6 is 11.6 Å². The fraction of sp³-hybridized carbons (Fsp3) is 0.267. The Balaban J connectivity index is 2.00. The molecule has 104 valence electrons. The third-order valence-electron chi connectivity index (χ3n) is 2.91. The standard InChI is InChI=1S/C15H16ClN3O/c1-10(2)13-7-8-14(19-18-13)15(20)17-9-11-5-3-4-6-12(11)16/h3-8,10H,9H2,1-2H3,(H,17,20). The van der Waals surface area contributed by atoms with Crippen molar-refractivity contribution >= 4 is 17.5 Å². The summed E-state index contributed by atoms with van der Waals surface area (Å²) in [6, 6.07) is 10.9. The van der Waals surface area contributed by atoms with E-state index in [1.165, 1.54) is 0 Å². The van der Waals surface area contributed by atoms with Gasteiger partial charge in [0, 0.05) is 11.6 Å². The zero-order valence-corrected chi connectivity index (χ0v) is 12.2. The molecule has 0 aliphatic heterocycles. The molecule has 0 fully saturated rings. The van der Waals surface area contributed by atoms with E-state index in [9.17, 15) is 4.79 Å². The molecule has 1 aromatic heterocycles. The van der Waals surface area contributed by atoms with Gasteiger partial charge < -0.3 is 5.32 Å². The van der Waals surface area contributed by atoms with Gasteiger partial charge in [0.25, 0.3) is 5.91 Å². The third-order valence-corrected chi connectivity index (χ3v) is 3.28. The van der Waals surface area contributed by atoms with E-state index in [1.54, 1.807) is 12.1 Å². The SMILES string of the molecule is CC(C)c1ccc(C(=O)NCc2ccccc2Cl)nn1. The minimum Gasteiger partial charge on any atom is -0.347 e. The largest absolute Gasteiger partial charge is 0.347 e. The molecular formula is C15H16ClN3O. The maximum atomic E-state index is 12.0. The molecule has 1 heterocycles. The summed E-state index contributed by atoms with van der Waals surface area (Å²) in [4.78, 5) is 12.0. The predicted octanol–water partition coefficient (Wildman–Crippen LogP) is 3.18. The van der Waals surface area contributed by atoms with Crippen LogP contribution in [-0.2, 0) is 6.54 Å². The zero-order chi connectivity index (χ0) is 14.5. The number of benzene rings is 1. The second kappa shape index (κ2) is 6.48. The molecule has 0 radical (unpaired) electrons. The third kappa shape index (κ3) is 3.54. The smallest absolute Gasteiger partial charge is 0.272 e. The molecule has 0 saturated carbocycles. The van der Waals surface area contributed by atoms with Crippen molar-refractivity contribution in [3.05, 3.63) is 58.4 Å². The highest BCUT2D eigenvalue weighted by molar-refractivity contribution is 6.31. The Bertz CT molecular complexity index is 596. The lowest BCUT2D eigenvalue weighted by molar-refractivity contribution is 0.0945. The van der Waals surface area contributed by atoms with Crippen LogP contribution in [0.1, 0.15) is 41.5 Å². The Labute approximate surface area is 123 Å². The van der Waals surface area contributed by atoms with E-state index in [1.807, 2.05) is 38.1 Å². The van der Waals surface area contributed by atoms with Crippen LogP contribution in [0.2, 0.25) is 5.02 Å². The Hall–Kier alpha value is -1.94. The normalized spacial score (nSPS) is 10.6. The predicted molar refractivity (Wildman–Crippen MR) is 78.7 cm³/mol. The first-order valence-electron chi connectivity index (χ1n) is 6.43. The number of aromatic nitrogens is 2. The van der Waals surface area contributed by atoms with Gasteiger partial charge in [-0.05, 0) is 29.7 Å². The van der Waals surface area contributed by atoms with Gasteiger partial charge >= 0.3 is 0 Å². The fourth-order valence-corrected chi connectivity index (χ4v) is 1.88. The average Bonchev–Trinajstić information content (AvgIpc) is 2.46. The lowest BCUT2D eigenvalue weighted by Crippen LogP contribution is -2.24. The molecule has 1 amide bonds. The molecule has 1 N–H and O–H groups in total. The van der Waals surface area contributed by atoms with Crippen molar-refractivity contribution in [1.82, 2.24) is 15.5 Å². The van der Waals surface area contributed by atoms with Gasteiger partial charge in [-0.15, -0.1) is 5.10 Å². The molecule has 0 aliphatic rings. The van der Waals surface area contributed by atoms with Crippen molar-refractivity contribution in [1.29, 1.82) is 0 Å². The topological polar surface area (TPSA) is 54.9 Å². The van der Waals surface area contributed by atoms with E-state index in [2.05, 4.69) is 15.5 Å². The van der Waals surface area contributed by atoms with Crippen molar-refractivity contribution < 1.29 is 4.79 Å². The van der Waals surface area contributed by atoms with Crippen LogP contribution in [0.3, 0.4) is 0 Å². The number of halogens is 1. The Kier molecular flexibility index (Phi) is 4.69. The quantitative estimate of drug-likeness (QED) is 0.940. The number of carbonyl (C=O) groups excluding carboxylic acids is 1. The molecule has 2 aromatic rings. The molecule has 0 atom stereocenters. The first kappa shape index (κ1) is 14.5. The van der Waals surface area contributed by atoms with E-state index < -0.39 is 0 Å². The molecule has 0 saturated heterocycles. The molecule has 1 aromatic carbocycles. The number of nitrogens with zero attached hydrogens (tertiary/aromatic N) is 2. The maximum Gasteiger partial charge on any atom is 0.272 e. The summed E-state index contributed by atoms with van der Waals surface area (Å²) in [7, 11) is 0. The average molecular weight is 290 g/mol. The van der Waals surface area contributed by atoms with Crippen LogP contribution in [0, 0.1) is 0 Å². The highest BCUT2D eigenvalue weighted by Crippen LogP contribution is 2.14. The number of hydrogen-bond donors (Lipinski definition) is 1. The first-order valence-corrected chi connectivity index (χ1v) is 6.81. The Morgan fingerprint density at radius 3 is 2.55 bits per heavy atom. The summed E-state index contributed by atoms with van der Waals surface area (Å²) in [6.07, 6.45) is 0. The van der Waals surface area contributed by atoms with Crippen LogP contribution in [0.15, 0.2) is 36.4 Å². The minimum atomic E-state index is -0.257. The van der Waals surface area contributed by atoms with Gasteiger partial charge in [0.1, 0.15) is 0 Å². The van der Waals surface area contributed by atoms with Crippen molar-refractivity contribution in [3.63, 3.8) is 0 Å². The van der Waals surface area contributed by atoms with E-state index in [-0.39, 0.29) is 5.91 Å². The molecule has 0 unspecified atom stereocenters. The highest BCUT2D eigenvalue weighted by atomic mass is 35.5. The summed E-state index contributed by atoms with van der Waals surface area (Å²) in [6.45, 7) is 4.43. The van der Waals surface area contributed by atoms with E-state index in [0.29, 0.717) is 23.2 Å². The highest BCUT2D eigenvalue weighted by Gasteiger charge is 2.09. The maximum absolute atomic E-state index is 12.0. The summed E-state index contributed by atoms with van der Waals surface area (Å²) >= 11 is 6.03. The molecule has 2 rings (SSSR count). The van der Waals surface area contributed by atoms with Gasteiger partial charge in [-0.25, -0.2) is 0 Å².